The van der Waals surface area contributed by atoms with Crippen molar-refractivity contribution in [3.05, 3.63) is 0 Å². The molecule has 0 atom stereocenters. The Bertz CT molecular complexity index is 105. The molecule has 0 aromatic heterocycles. The van der Waals surface area contributed by atoms with Gasteiger partial charge in [0.15, 0.2) is 0 Å². The van der Waals surface area contributed by atoms with Gasteiger partial charge in [-0.25, -0.2) is 10.9 Å². The molecule has 0 radical (unpaired) electrons. The Morgan fingerprint density at radius 3 is 1.53 bits per heavy atom. The fourth-order valence-electron chi connectivity index (χ4n) is 1.04. The van der Waals surface area contributed by atoms with Crippen LogP contribution in [-0.4, -0.2) is 24.8 Å². The van der Waals surface area contributed by atoms with Crippen molar-refractivity contribution in [2.24, 2.45) is 11.8 Å². The van der Waals surface area contributed by atoms with Crippen molar-refractivity contribution in [1.82, 2.24) is 15.8 Å². The fourth-order valence-corrected chi connectivity index (χ4v) is 1.04. The van der Waals surface area contributed by atoms with E-state index in [9.17, 15) is 0 Å². The van der Waals surface area contributed by atoms with Gasteiger partial charge < -0.3 is 0 Å². The molecule has 3 heteroatoms. The maximum Gasteiger partial charge on any atom is 0.0626 e. The summed E-state index contributed by atoms with van der Waals surface area (Å²) >= 11 is 0. The summed E-state index contributed by atoms with van der Waals surface area (Å²) in [5.74, 6) is 1.60. The largest absolute Gasteiger partial charge is 0.275 e. The number of nitrogens with one attached hydrogen (secondary N) is 2. The van der Waals surface area contributed by atoms with E-state index in [1.807, 2.05) is 13.8 Å². The van der Waals surface area contributed by atoms with Crippen LogP contribution in [0.15, 0.2) is 0 Å². The van der Waals surface area contributed by atoms with Gasteiger partial charge in [0.25, 0.3) is 0 Å². The van der Waals surface area contributed by atoms with Crippen LogP contribution < -0.4 is 10.9 Å². The van der Waals surface area contributed by atoms with E-state index in [0.717, 1.165) is 25.2 Å². The number of rotatable bonds is 2. The van der Waals surface area contributed by atoms with Crippen LogP contribution in [0.3, 0.4) is 0 Å². The zero-order valence-corrected chi connectivity index (χ0v) is 11.7. The minimum absolute atomic E-state index is 0.770. The molecule has 1 rings (SSSR count). The Morgan fingerprint density at radius 2 is 1.27 bits per heavy atom. The van der Waals surface area contributed by atoms with Gasteiger partial charge in [-0.3, -0.25) is 4.90 Å². The Morgan fingerprint density at radius 1 is 0.933 bits per heavy atom. The second kappa shape index (κ2) is 12.0. The van der Waals surface area contributed by atoms with Gasteiger partial charge in [0.05, 0.1) is 13.3 Å². The molecule has 0 saturated carbocycles. The minimum Gasteiger partial charge on any atom is -0.275 e. The lowest BCUT2D eigenvalue weighted by Gasteiger charge is -2.14. The summed E-state index contributed by atoms with van der Waals surface area (Å²) in [5, 5.41) is 0. The summed E-state index contributed by atoms with van der Waals surface area (Å²) in [6.07, 6.45) is 0. The molecule has 0 unspecified atom stereocenters. The molecule has 0 aliphatic carbocycles. The molecule has 15 heavy (non-hydrogen) atoms. The van der Waals surface area contributed by atoms with Gasteiger partial charge in [-0.15, -0.1) is 0 Å². The van der Waals surface area contributed by atoms with Gasteiger partial charge in [-0.05, 0) is 11.8 Å². The molecule has 0 aromatic carbocycles. The van der Waals surface area contributed by atoms with E-state index in [-0.39, 0.29) is 0 Å². The van der Waals surface area contributed by atoms with Crippen molar-refractivity contribution in [2.45, 2.75) is 48.5 Å². The molecular formula is C12H31N3. The van der Waals surface area contributed by atoms with Crippen LogP contribution in [0.2, 0.25) is 0 Å². The lowest BCUT2D eigenvalue weighted by Crippen LogP contribution is -2.26. The monoisotopic (exact) mass is 217 g/mol. The molecule has 1 aliphatic rings. The predicted molar refractivity (Wildman–Crippen MR) is 69.4 cm³/mol. The van der Waals surface area contributed by atoms with Gasteiger partial charge in [0, 0.05) is 6.54 Å². The standard InChI is InChI=1S/C6H15N3.C4H10.C2H6/c1-6(2)3-9-4-7-8-5-9;1-4(2)3;1-2/h6-8H,3-5H2,1-2H3;4H,1-3H3;1-2H3. The molecule has 1 fully saturated rings. The zero-order chi connectivity index (χ0) is 12.3. The Hall–Kier alpha value is -0.120. The molecule has 2 N–H and O–H groups in total. The van der Waals surface area contributed by atoms with E-state index in [1.165, 1.54) is 6.54 Å². The zero-order valence-electron chi connectivity index (χ0n) is 11.7. The molecule has 0 bridgehead atoms. The maximum absolute atomic E-state index is 3.05. The molecule has 94 valence electrons. The summed E-state index contributed by atoms with van der Waals surface area (Å²) in [5.41, 5.74) is 6.11. The summed E-state index contributed by atoms with van der Waals surface area (Å²) in [4.78, 5) is 2.34. The smallest absolute Gasteiger partial charge is 0.0626 e. The summed E-state index contributed by atoms with van der Waals surface area (Å²) in [7, 11) is 0. The first-order chi connectivity index (χ1) is 7.02. The third-order valence-corrected chi connectivity index (χ3v) is 1.35. The van der Waals surface area contributed by atoms with E-state index in [0.29, 0.717) is 0 Å². The summed E-state index contributed by atoms with van der Waals surface area (Å²) in [6.45, 7) is 18.1. The van der Waals surface area contributed by atoms with Crippen molar-refractivity contribution >= 4 is 0 Å². The molecule has 1 saturated heterocycles. The number of nitrogens with zero attached hydrogens (tertiary/aromatic N) is 1. The van der Waals surface area contributed by atoms with Crippen molar-refractivity contribution in [3.8, 4) is 0 Å². The molecule has 1 aliphatic heterocycles. The van der Waals surface area contributed by atoms with Crippen LogP contribution in [0.5, 0.6) is 0 Å². The first kappa shape index (κ1) is 17.3. The van der Waals surface area contributed by atoms with Crippen LogP contribution in [0.4, 0.5) is 0 Å². The van der Waals surface area contributed by atoms with E-state index in [1.54, 1.807) is 0 Å². The topological polar surface area (TPSA) is 27.3 Å². The van der Waals surface area contributed by atoms with E-state index in [4.69, 9.17) is 0 Å². The van der Waals surface area contributed by atoms with Crippen molar-refractivity contribution in [1.29, 1.82) is 0 Å². The van der Waals surface area contributed by atoms with Gasteiger partial charge in [-0.1, -0.05) is 48.5 Å². The lowest BCUT2D eigenvalue weighted by molar-refractivity contribution is 0.291. The highest BCUT2D eigenvalue weighted by Crippen LogP contribution is 1.97. The van der Waals surface area contributed by atoms with E-state index < -0.39 is 0 Å². The van der Waals surface area contributed by atoms with Gasteiger partial charge in [0.1, 0.15) is 0 Å². The third-order valence-electron chi connectivity index (χ3n) is 1.35. The van der Waals surface area contributed by atoms with E-state index in [2.05, 4.69) is 50.4 Å². The second-order valence-corrected chi connectivity index (χ2v) is 4.65. The average molecular weight is 217 g/mol. The molecule has 3 nitrogen and oxygen atoms in total. The van der Waals surface area contributed by atoms with Gasteiger partial charge >= 0.3 is 0 Å². The third kappa shape index (κ3) is 16.5. The number of hydrogen-bond acceptors (Lipinski definition) is 3. The molecule has 0 spiro atoms. The van der Waals surface area contributed by atoms with Crippen LogP contribution in [-0.2, 0) is 0 Å². The SMILES string of the molecule is CC.CC(C)C.CC(C)CN1CNNC1. The van der Waals surface area contributed by atoms with Crippen LogP contribution in [0.1, 0.15) is 48.5 Å². The Labute approximate surface area is 96.6 Å². The normalized spacial score (nSPS) is 15.8. The molecule has 1 heterocycles. The lowest BCUT2D eigenvalue weighted by atomic mass is 10.2. The first-order valence-corrected chi connectivity index (χ1v) is 6.20. The highest BCUT2D eigenvalue weighted by atomic mass is 15.5. The highest BCUT2D eigenvalue weighted by Gasteiger charge is 2.10. The van der Waals surface area contributed by atoms with Crippen LogP contribution in [0.25, 0.3) is 0 Å². The molecule has 0 amide bonds. The summed E-state index contributed by atoms with van der Waals surface area (Å²) < 4.78 is 0. The quantitative estimate of drug-likeness (QED) is 0.744. The van der Waals surface area contributed by atoms with Gasteiger partial charge in [0.2, 0.25) is 0 Å². The fraction of sp³-hybridized carbons (Fsp3) is 1.00. The Balaban J connectivity index is 0. The van der Waals surface area contributed by atoms with Crippen LogP contribution in [0, 0.1) is 11.8 Å². The van der Waals surface area contributed by atoms with Crippen molar-refractivity contribution < 1.29 is 0 Å². The molecular weight excluding hydrogens is 186 g/mol. The first-order valence-electron chi connectivity index (χ1n) is 6.20. The van der Waals surface area contributed by atoms with E-state index >= 15 is 0 Å². The predicted octanol–water partition coefficient (Wildman–Crippen LogP) is 2.66. The van der Waals surface area contributed by atoms with Crippen molar-refractivity contribution in [3.63, 3.8) is 0 Å². The highest BCUT2D eigenvalue weighted by molar-refractivity contribution is 4.60. The second-order valence-electron chi connectivity index (χ2n) is 4.65. The summed E-state index contributed by atoms with van der Waals surface area (Å²) in [6, 6.07) is 0. The average Bonchev–Trinajstić information content (AvgIpc) is 2.58. The minimum atomic E-state index is 0.770. The van der Waals surface area contributed by atoms with Crippen molar-refractivity contribution in [2.75, 3.05) is 19.9 Å². The van der Waals surface area contributed by atoms with Crippen LogP contribution >= 0.6 is 0 Å². The number of hydrazine groups is 1. The Kier molecular flexibility index (Phi) is 13.8. The number of hydrogen-bond donors (Lipinski definition) is 2. The van der Waals surface area contributed by atoms with Gasteiger partial charge in [-0.2, -0.15) is 0 Å². The maximum atomic E-state index is 3.05. The molecule has 0 aromatic rings.